The first-order valence-electron chi connectivity index (χ1n) is 10.9. The van der Waals surface area contributed by atoms with Gasteiger partial charge in [-0.25, -0.2) is 0 Å². The lowest BCUT2D eigenvalue weighted by Crippen LogP contribution is -2.40. The summed E-state index contributed by atoms with van der Waals surface area (Å²) < 4.78 is 5.87. The van der Waals surface area contributed by atoms with Gasteiger partial charge in [0.15, 0.2) is 0 Å². The molecule has 2 saturated carbocycles. The number of carbonyl (C=O) groups is 1. The first kappa shape index (κ1) is 19.0. The lowest BCUT2D eigenvalue weighted by Gasteiger charge is -2.28. The monoisotopic (exact) mass is 401 g/mol. The Kier molecular flexibility index (Phi) is 4.89. The average molecular weight is 402 g/mol. The van der Waals surface area contributed by atoms with Gasteiger partial charge in [0.05, 0.1) is 0 Å². The van der Waals surface area contributed by atoms with Crippen LogP contribution in [0, 0.1) is 24.7 Å². The normalized spacial score (nSPS) is 23.5. The summed E-state index contributed by atoms with van der Waals surface area (Å²) in [5.41, 5.74) is 3.48. The predicted octanol–water partition coefficient (Wildman–Crippen LogP) is 5.27. The Bertz CT molecular complexity index is 1060. The Balaban J connectivity index is 1.26. The number of aryl methyl sites for hydroxylation is 1. The molecule has 1 aromatic heterocycles. The van der Waals surface area contributed by atoms with Crippen LogP contribution in [0.2, 0.25) is 0 Å². The molecular formula is C25H27N3O2. The van der Waals surface area contributed by atoms with Crippen molar-refractivity contribution in [2.24, 2.45) is 17.8 Å². The minimum absolute atomic E-state index is 0.0112. The third-order valence-corrected chi connectivity index (χ3v) is 6.99. The second kappa shape index (κ2) is 7.71. The van der Waals surface area contributed by atoms with Crippen molar-refractivity contribution in [3.8, 4) is 22.9 Å². The lowest BCUT2D eigenvalue weighted by atomic mass is 9.84. The van der Waals surface area contributed by atoms with Crippen LogP contribution in [0.3, 0.4) is 0 Å². The fourth-order valence-corrected chi connectivity index (χ4v) is 5.33. The van der Waals surface area contributed by atoms with Gasteiger partial charge in [0.1, 0.15) is 0 Å². The van der Waals surface area contributed by atoms with Gasteiger partial charge in [-0.05, 0) is 86.8 Å². The largest absolute Gasteiger partial charge is 0.416 e. The Labute approximate surface area is 176 Å². The number of amides is 1. The van der Waals surface area contributed by atoms with Crippen molar-refractivity contribution in [1.82, 2.24) is 15.5 Å². The highest BCUT2D eigenvalue weighted by Crippen LogP contribution is 2.49. The molecule has 4 atom stereocenters. The molecule has 2 aliphatic rings. The molecule has 3 aromatic rings. The van der Waals surface area contributed by atoms with Crippen molar-refractivity contribution < 1.29 is 9.21 Å². The molecule has 5 nitrogen and oxygen atoms in total. The summed E-state index contributed by atoms with van der Waals surface area (Å²) in [4.78, 5) is 12.7. The second-order valence-electron chi connectivity index (χ2n) is 8.91. The number of aromatic nitrogens is 2. The van der Waals surface area contributed by atoms with E-state index < -0.39 is 0 Å². The molecule has 0 radical (unpaired) electrons. The van der Waals surface area contributed by atoms with Crippen LogP contribution in [-0.4, -0.2) is 22.1 Å². The second-order valence-corrected chi connectivity index (χ2v) is 8.91. The molecule has 5 heteroatoms. The van der Waals surface area contributed by atoms with E-state index in [0.717, 1.165) is 28.5 Å². The van der Waals surface area contributed by atoms with Crippen molar-refractivity contribution in [2.45, 2.75) is 45.6 Å². The number of benzene rings is 2. The van der Waals surface area contributed by atoms with Gasteiger partial charge in [-0.3, -0.25) is 4.79 Å². The SMILES string of the molecule is Cc1ccccc1-c1nnc(-c2ccc(C(=O)NC(C)C3CC4CCC3C4)cc2)o1. The molecule has 4 unspecified atom stereocenters. The van der Waals surface area contributed by atoms with Gasteiger partial charge in [-0.2, -0.15) is 0 Å². The highest BCUT2D eigenvalue weighted by Gasteiger charge is 2.42. The smallest absolute Gasteiger partial charge is 0.251 e. The third kappa shape index (κ3) is 3.53. The first-order valence-corrected chi connectivity index (χ1v) is 10.9. The quantitative estimate of drug-likeness (QED) is 0.633. The number of nitrogens with one attached hydrogen (secondary N) is 1. The molecule has 2 aliphatic carbocycles. The van der Waals surface area contributed by atoms with Crippen molar-refractivity contribution in [3.05, 3.63) is 59.7 Å². The van der Waals surface area contributed by atoms with Crippen LogP contribution in [0.4, 0.5) is 0 Å². The third-order valence-electron chi connectivity index (χ3n) is 6.99. The molecule has 1 heterocycles. The van der Waals surface area contributed by atoms with Crippen LogP contribution >= 0.6 is 0 Å². The number of hydrogen-bond donors (Lipinski definition) is 1. The van der Waals surface area contributed by atoms with Crippen molar-refractivity contribution >= 4 is 5.91 Å². The van der Waals surface area contributed by atoms with E-state index in [1.54, 1.807) is 0 Å². The fourth-order valence-electron chi connectivity index (χ4n) is 5.33. The van der Waals surface area contributed by atoms with E-state index in [-0.39, 0.29) is 11.9 Å². The molecule has 2 aromatic carbocycles. The molecular weight excluding hydrogens is 374 g/mol. The maximum absolute atomic E-state index is 12.7. The molecule has 154 valence electrons. The molecule has 30 heavy (non-hydrogen) atoms. The van der Waals surface area contributed by atoms with Crippen LogP contribution in [0.15, 0.2) is 52.9 Å². The van der Waals surface area contributed by atoms with Gasteiger partial charge in [-0.1, -0.05) is 24.6 Å². The Morgan fingerprint density at radius 2 is 1.80 bits per heavy atom. The first-order chi connectivity index (χ1) is 14.6. The van der Waals surface area contributed by atoms with Gasteiger partial charge in [-0.15, -0.1) is 10.2 Å². The number of carbonyl (C=O) groups excluding carboxylic acids is 1. The topological polar surface area (TPSA) is 68.0 Å². The summed E-state index contributed by atoms with van der Waals surface area (Å²) in [6.07, 6.45) is 5.34. The van der Waals surface area contributed by atoms with Crippen LogP contribution < -0.4 is 5.32 Å². The number of fused-ring (bicyclic) bond motifs is 2. The van der Waals surface area contributed by atoms with Crippen molar-refractivity contribution in [3.63, 3.8) is 0 Å². The standard InChI is InChI=1S/C25H27N3O2/c1-15-5-3-4-6-21(15)25-28-27-24(30-25)19-11-9-18(10-12-19)23(29)26-16(2)22-14-17-7-8-20(22)13-17/h3-6,9-12,16-17,20,22H,7-8,13-14H2,1-2H3,(H,26,29). The van der Waals surface area contributed by atoms with Crippen LogP contribution in [-0.2, 0) is 0 Å². The maximum atomic E-state index is 12.7. The zero-order valence-electron chi connectivity index (χ0n) is 17.5. The molecule has 1 N–H and O–H groups in total. The maximum Gasteiger partial charge on any atom is 0.251 e. The van der Waals surface area contributed by atoms with Gasteiger partial charge < -0.3 is 9.73 Å². The Hall–Kier alpha value is -2.95. The van der Waals surface area contributed by atoms with Crippen LogP contribution in [0.25, 0.3) is 22.9 Å². The fraction of sp³-hybridized carbons (Fsp3) is 0.400. The number of rotatable bonds is 5. The van der Waals surface area contributed by atoms with E-state index in [2.05, 4.69) is 22.4 Å². The Morgan fingerprint density at radius 1 is 1.03 bits per heavy atom. The number of nitrogens with zero attached hydrogens (tertiary/aromatic N) is 2. The number of hydrogen-bond acceptors (Lipinski definition) is 4. The summed E-state index contributed by atoms with van der Waals surface area (Å²) >= 11 is 0. The lowest BCUT2D eigenvalue weighted by molar-refractivity contribution is 0.0915. The molecule has 0 spiro atoms. The molecule has 0 saturated heterocycles. The van der Waals surface area contributed by atoms with Crippen LogP contribution in [0.1, 0.15) is 48.5 Å². The summed E-state index contributed by atoms with van der Waals surface area (Å²) in [5, 5.41) is 11.6. The van der Waals surface area contributed by atoms with E-state index in [4.69, 9.17) is 4.42 Å². The van der Waals surface area contributed by atoms with Gasteiger partial charge in [0, 0.05) is 22.7 Å². The highest BCUT2D eigenvalue weighted by atomic mass is 16.4. The van der Waals surface area contributed by atoms with E-state index >= 15 is 0 Å². The van der Waals surface area contributed by atoms with Gasteiger partial charge >= 0.3 is 0 Å². The van der Waals surface area contributed by atoms with Crippen molar-refractivity contribution in [2.75, 3.05) is 0 Å². The minimum atomic E-state index is -0.0112. The van der Waals surface area contributed by atoms with E-state index in [9.17, 15) is 4.79 Å². The van der Waals surface area contributed by atoms with Gasteiger partial charge in [0.25, 0.3) is 5.91 Å². The zero-order chi connectivity index (χ0) is 20.7. The predicted molar refractivity (Wildman–Crippen MR) is 116 cm³/mol. The summed E-state index contributed by atoms with van der Waals surface area (Å²) in [7, 11) is 0. The Morgan fingerprint density at radius 3 is 2.50 bits per heavy atom. The van der Waals surface area contributed by atoms with E-state index in [1.165, 1.54) is 25.7 Å². The molecule has 0 aliphatic heterocycles. The van der Waals surface area contributed by atoms with Gasteiger partial charge in [0.2, 0.25) is 11.8 Å². The van der Waals surface area contributed by atoms with Crippen molar-refractivity contribution in [1.29, 1.82) is 0 Å². The molecule has 5 rings (SSSR count). The van der Waals surface area contributed by atoms with Crippen LogP contribution in [0.5, 0.6) is 0 Å². The molecule has 2 bridgehead atoms. The zero-order valence-corrected chi connectivity index (χ0v) is 17.5. The molecule has 1 amide bonds. The minimum Gasteiger partial charge on any atom is -0.416 e. The average Bonchev–Trinajstić information content (AvgIpc) is 3.51. The highest BCUT2D eigenvalue weighted by molar-refractivity contribution is 5.94. The summed E-state index contributed by atoms with van der Waals surface area (Å²) in [6.45, 7) is 4.17. The summed E-state index contributed by atoms with van der Waals surface area (Å²) in [6, 6.07) is 15.5. The summed E-state index contributed by atoms with van der Waals surface area (Å²) in [5.74, 6) is 3.26. The van der Waals surface area contributed by atoms with E-state index in [1.807, 2.05) is 55.5 Å². The van der Waals surface area contributed by atoms with E-state index in [0.29, 0.717) is 23.3 Å². The molecule has 2 fully saturated rings.